The maximum absolute atomic E-state index is 13.0. The number of fused-ring (bicyclic) bond motifs is 2. The highest BCUT2D eigenvalue weighted by Crippen LogP contribution is 2.37. The Morgan fingerprint density at radius 1 is 1.05 bits per heavy atom. The van der Waals surface area contributed by atoms with Gasteiger partial charge in [0.25, 0.3) is 16.6 Å². The normalized spacial score (nSPS) is 14.1. The average molecular weight is 572 g/mol. The van der Waals surface area contributed by atoms with Crippen molar-refractivity contribution in [3.8, 4) is 0 Å². The maximum Gasteiger partial charge on any atom is 0.298 e. The fourth-order valence-electron chi connectivity index (χ4n) is 4.35. The molecular formula is C25H31N8O4S2+. The van der Waals surface area contributed by atoms with E-state index < -0.39 is 5.60 Å². The second-order valence-electron chi connectivity index (χ2n) is 10.4. The number of ether oxygens (including phenoxy) is 1. The zero-order valence-electron chi connectivity index (χ0n) is 22.3. The molecule has 2 amide bonds. The van der Waals surface area contributed by atoms with E-state index in [1.54, 1.807) is 18.5 Å². The molecule has 0 saturated carbocycles. The third kappa shape index (κ3) is 5.00. The number of aromatic nitrogens is 4. The molecular weight excluding hydrogens is 540 g/mol. The van der Waals surface area contributed by atoms with E-state index in [0.717, 1.165) is 38.4 Å². The molecule has 12 nitrogen and oxygen atoms in total. The van der Waals surface area contributed by atoms with Crippen LogP contribution in [0.15, 0.2) is 0 Å². The van der Waals surface area contributed by atoms with E-state index in [4.69, 9.17) is 21.3 Å². The number of rotatable bonds is 7. The zero-order valence-corrected chi connectivity index (χ0v) is 24.0. The zero-order chi connectivity index (χ0) is 28.2. The average Bonchev–Trinajstić information content (AvgIpc) is 3.37. The third-order valence-corrected chi connectivity index (χ3v) is 8.99. The predicted molar refractivity (Wildman–Crippen MR) is 150 cm³/mol. The van der Waals surface area contributed by atoms with Crippen molar-refractivity contribution in [1.29, 1.82) is 0 Å². The number of nitrogen functional groups attached to an aromatic ring is 2. The molecule has 1 aliphatic heterocycles. The summed E-state index contributed by atoms with van der Waals surface area (Å²) >= 11 is 2.43. The number of carbonyl (C=O) groups is 2. The number of thiophene rings is 2. The summed E-state index contributed by atoms with van der Waals surface area (Å²) in [4.78, 5) is 27.9. The van der Waals surface area contributed by atoms with Crippen molar-refractivity contribution in [3.63, 3.8) is 0 Å². The Balaban J connectivity index is 1.58. The van der Waals surface area contributed by atoms with Gasteiger partial charge in [-0.2, -0.15) is 5.10 Å². The fraction of sp³-hybridized carbons (Fsp3) is 0.440. The molecule has 14 heteroatoms. The second kappa shape index (κ2) is 9.93. The molecule has 0 aliphatic carbocycles. The first-order valence-electron chi connectivity index (χ1n) is 12.4. The molecule has 0 radical (unpaired) electrons. The molecule has 206 valence electrons. The van der Waals surface area contributed by atoms with Crippen molar-refractivity contribution in [2.24, 2.45) is 0 Å². The summed E-state index contributed by atoms with van der Waals surface area (Å²) in [6.07, 6.45) is 0. The van der Waals surface area contributed by atoms with Crippen LogP contribution in [0.1, 0.15) is 55.7 Å². The maximum atomic E-state index is 13.0. The van der Waals surface area contributed by atoms with Gasteiger partial charge < -0.3 is 31.9 Å². The summed E-state index contributed by atoms with van der Waals surface area (Å²) in [6.45, 7) is 10.2. The van der Waals surface area contributed by atoms with E-state index in [9.17, 15) is 14.7 Å². The Kier molecular flexibility index (Phi) is 6.91. The molecule has 5 heterocycles. The van der Waals surface area contributed by atoms with Crippen LogP contribution < -0.4 is 26.8 Å². The van der Waals surface area contributed by atoms with E-state index in [2.05, 4.69) is 20.8 Å². The second-order valence-corrected chi connectivity index (χ2v) is 12.4. The Hall–Kier alpha value is -3.46. The molecule has 7 N–H and O–H groups in total. The van der Waals surface area contributed by atoms with Crippen molar-refractivity contribution in [1.82, 2.24) is 25.9 Å². The molecule has 1 aliphatic rings. The first kappa shape index (κ1) is 27.1. The smallest absolute Gasteiger partial charge is 0.298 e. The minimum Gasteiger partial charge on any atom is -0.397 e. The summed E-state index contributed by atoms with van der Waals surface area (Å²) in [5, 5.41) is 30.5. The summed E-state index contributed by atoms with van der Waals surface area (Å²) in [5.41, 5.74) is 15.8. The van der Waals surface area contributed by atoms with Crippen molar-refractivity contribution < 1.29 is 24.1 Å². The van der Waals surface area contributed by atoms with Crippen LogP contribution in [0.3, 0.4) is 0 Å². The summed E-state index contributed by atoms with van der Waals surface area (Å²) in [5.74, 6) is -0.627. The van der Waals surface area contributed by atoms with Gasteiger partial charge in [0.05, 0.1) is 52.9 Å². The van der Waals surface area contributed by atoms with Gasteiger partial charge in [-0.3, -0.25) is 9.59 Å². The van der Waals surface area contributed by atoms with Crippen LogP contribution in [0.5, 0.6) is 0 Å². The molecule has 39 heavy (non-hydrogen) atoms. The summed E-state index contributed by atoms with van der Waals surface area (Å²) < 4.78 is 6.97. The lowest BCUT2D eigenvalue weighted by Crippen LogP contribution is -2.48. The number of amides is 2. The lowest BCUT2D eigenvalue weighted by molar-refractivity contribution is -0.720. The number of hydrogen-bond donors (Lipinski definition) is 5. The molecule has 0 aromatic carbocycles. The summed E-state index contributed by atoms with van der Waals surface area (Å²) in [7, 11) is 0. The quantitative estimate of drug-likeness (QED) is 0.204. The van der Waals surface area contributed by atoms with Crippen LogP contribution >= 0.6 is 22.7 Å². The number of carbonyl (C=O) groups excluding carboxylic acids is 2. The third-order valence-electron chi connectivity index (χ3n) is 6.68. The van der Waals surface area contributed by atoms with Gasteiger partial charge in [0.1, 0.15) is 20.3 Å². The van der Waals surface area contributed by atoms with Gasteiger partial charge in [0, 0.05) is 11.9 Å². The molecule has 4 aromatic heterocycles. The van der Waals surface area contributed by atoms with Crippen LogP contribution in [0.4, 0.5) is 11.4 Å². The minimum atomic E-state index is -1.07. The highest BCUT2D eigenvalue weighted by Gasteiger charge is 2.31. The predicted octanol–water partition coefficient (Wildman–Crippen LogP) is 1.36. The van der Waals surface area contributed by atoms with Gasteiger partial charge in [-0.25, -0.2) is 0 Å². The number of anilines is 2. The molecule has 0 spiro atoms. The number of hydrogen-bond acceptors (Lipinski definition) is 11. The van der Waals surface area contributed by atoms with Crippen molar-refractivity contribution in [2.75, 3.05) is 31.2 Å². The molecule has 1 fully saturated rings. The van der Waals surface area contributed by atoms with E-state index in [1.807, 2.05) is 20.8 Å². The molecule has 5 rings (SSSR count). The first-order valence-corrected chi connectivity index (χ1v) is 14.0. The number of aliphatic hydroxyl groups is 1. The van der Waals surface area contributed by atoms with Crippen molar-refractivity contribution >= 4 is 66.3 Å². The first-order chi connectivity index (χ1) is 18.4. The Morgan fingerprint density at radius 2 is 1.72 bits per heavy atom. The lowest BCUT2D eigenvalue weighted by Gasteiger charge is -2.26. The van der Waals surface area contributed by atoms with E-state index in [0.29, 0.717) is 50.3 Å². The van der Waals surface area contributed by atoms with Crippen molar-refractivity contribution in [3.05, 3.63) is 32.3 Å². The standard InChI is InChI=1S/C25H30N8O4S2/c1-10-11(2)32-33(24-15(10)17(26)20(39-24)22(35)29-13-7-37-8-13)6-14-12(3)30-31-23-16(14)18(27)19(38-23)21(34)28-9-25(4,5)36/h13,36H,6-9H2,1-5H3,(H5-,26,27,28,29,34,35)/p+1. The van der Waals surface area contributed by atoms with Gasteiger partial charge in [-0.15, -0.1) is 16.4 Å². The number of nitrogens with two attached hydrogens (primary N) is 2. The van der Waals surface area contributed by atoms with Crippen LogP contribution in [0.2, 0.25) is 0 Å². The summed E-state index contributed by atoms with van der Waals surface area (Å²) in [6, 6.07) is -0.0227. The molecule has 4 aromatic rings. The number of nitrogens with zero attached hydrogens (tertiary/aromatic N) is 4. The SMILES string of the molecule is Cc1nnc2sc(C(=O)NCC(C)(C)O)c(N)c2c1C[n+]1nc(C)c(C)c2c(N)c(C(=O)NC3COC3)sc21. The largest absolute Gasteiger partial charge is 0.397 e. The molecule has 0 atom stereocenters. The van der Waals surface area contributed by atoms with E-state index >= 15 is 0 Å². The van der Waals surface area contributed by atoms with Crippen LogP contribution in [-0.4, -0.2) is 63.6 Å². The van der Waals surface area contributed by atoms with Crippen LogP contribution in [0, 0.1) is 20.8 Å². The van der Waals surface area contributed by atoms with E-state index in [-0.39, 0.29) is 30.9 Å². The van der Waals surface area contributed by atoms with E-state index in [1.165, 1.54) is 11.3 Å². The lowest BCUT2D eigenvalue weighted by atomic mass is 10.1. The highest BCUT2D eigenvalue weighted by molar-refractivity contribution is 7.21. The van der Waals surface area contributed by atoms with Crippen LogP contribution in [-0.2, 0) is 11.3 Å². The van der Waals surface area contributed by atoms with Crippen molar-refractivity contribution in [2.45, 2.75) is 52.8 Å². The molecule has 0 bridgehead atoms. The van der Waals surface area contributed by atoms with Crippen LogP contribution in [0.25, 0.3) is 20.4 Å². The monoisotopic (exact) mass is 571 g/mol. The Labute approximate surface area is 232 Å². The topological polar surface area (TPSA) is 182 Å². The van der Waals surface area contributed by atoms with Gasteiger partial charge in [0.15, 0.2) is 0 Å². The van der Waals surface area contributed by atoms with Gasteiger partial charge >= 0.3 is 0 Å². The van der Waals surface area contributed by atoms with Gasteiger partial charge in [-0.1, -0.05) is 16.0 Å². The number of nitrogens with one attached hydrogen (secondary N) is 2. The number of aryl methyl sites for hydroxylation is 3. The minimum absolute atomic E-state index is 0.0227. The Bertz CT molecular complexity index is 1640. The van der Waals surface area contributed by atoms with Gasteiger partial charge in [0.2, 0.25) is 6.54 Å². The fourth-order valence-corrected chi connectivity index (χ4v) is 6.47. The molecule has 0 unspecified atom stereocenters. The highest BCUT2D eigenvalue weighted by atomic mass is 32.1. The Morgan fingerprint density at radius 3 is 2.36 bits per heavy atom. The molecule has 1 saturated heterocycles. The van der Waals surface area contributed by atoms with Gasteiger partial charge in [-0.05, 0) is 45.3 Å².